The maximum Gasteiger partial charge on any atom is 0.263 e. The van der Waals surface area contributed by atoms with Crippen LogP contribution in [0.1, 0.15) is 78.3 Å². The summed E-state index contributed by atoms with van der Waals surface area (Å²) >= 11 is 0. The molecule has 0 radical (unpaired) electrons. The molecule has 1 fully saturated rings. The van der Waals surface area contributed by atoms with Crippen LogP contribution in [0.5, 0.6) is 5.88 Å². The maximum absolute atomic E-state index is 13.7. The van der Waals surface area contributed by atoms with E-state index in [0.29, 0.717) is 18.8 Å². The molecule has 1 amide bonds. The zero-order valence-electron chi connectivity index (χ0n) is 22.6. The van der Waals surface area contributed by atoms with Gasteiger partial charge in [-0.2, -0.15) is 0 Å². The van der Waals surface area contributed by atoms with Gasteiger partial charge >= 0.3 is 0 Å². The highest BCUT2D eigenvalue weighted by Crippen LogP contribution is 2.33. The van der Waals surface area contributed by atoms with Crippen molar-refractivity contribution in [3.8, 4) is 11.6 Å². The van der Waals surface area contributed by atoms with Gasteiger partial charge in [0.1, 0.15) is 5.56 Å². The fourth-order valence-corrected chi connectivity index (χ4v) is 5.36. The first-order chi connectivity index (χ1) is 17.8. The van der Waals surface area contributed by atoms with Gasteiger partial charge in [0.15, 0.2) is 5.43 Å². The number of aromatic hydroxyl groups is 1. The summed E-state index contributed by atoms with van der Waals surface area (Å²) in [6.45, 7) is 11.3. The first-order valence-corrected chi connectivity index (χ1v) is 13.3. The van der Waals surface area contributed by atoms with Gasteiger partial charge in [0.25, 0.3) is 5.91 Å². The summed E-state index contributed by atoms with van der Waals surface area (Å²) in [5, 5.41) is 11.6. The van der Waals surface area contributed by atoms with E-state index < -0.39 is 11.3 Å². The molecule has 1 unspecified atom stereocenters. The lowest BCUT2D eigenvalue weighted by Crippen LogP contribution is -2.34. The summed E-state index contributed by atoms with van der Waals surface area (Å²) < 4.78 is 7.53. The van der Waals surface area contributed by atoms with Crippen molar-refractivity contribution >= 4 is 5.91 Å². The number of benzene rings is 2. The second kappa shape index (κ2) is 11.3. The van der Waals surface area contributed by atoms with E-state index in [-0.39, 0.29) is 30.1 Å². The summed E-state index contributed by atoms with van der Waals surface area (Å²) in [7, 11) is 0. The predicted octanol–water partition coefficient (Wildman–Crippen LogP) is 5.53. The van der Waals surface area contributed by atoms with Gasteiger partial charge in [-0.05, 0) is 62.3 Å². The Hall–Kier alpha value is -3.38. The minimum atomic E-state index is -0.479. The predicted molar refractivity (Wildman–Crippen MR) is 147 cm³/mol. The molecule has 6 nitrogen and oxygen atoms in total. The van der Waals surface area contributed by atoms with E-state index >= 15 is 0 Å². The number of para-hydroxylation sites is 1. The van der Waals surface area contributed by atoms with E-state index in [9.17, 15) is 14.7 Å². The van der Waals surface area contributed by atoms with Crippen LogP contribution < -0.4 is 5.43 Å². The summed E-state index contributed by atoms with van der Waals surface area (Å²) in [4.78, 5) is 28.8. The Morgan fingerprint density at radius 1 is 1.08 bits per heavy atom. The molecule has 4 rings (SSSR count). The fraction of sp³-hybridized carbons (Fsp3) is 0.419. The highest BCUT2D eigenvalue weighted by molar-refractivity contribution is 5.96. The largest absolute Gasteiger partial charge is 0.494 e. The Morgan fingerprint density at radius 2 is 1.76 bits per heavy atom. The molecule has 1 N–H and O–H groups in total. The van der Waals surface area contributed by atoms with Gasteiger partial charge in [-0.15, -0.1) is 0 Å². The summed E-state index contributed by atoms with van der Waals surface area (Å²) in [5.41, 5.74) is 5.18. The molecule has 0 spiro atoms. The molecule has 2 aromatic carbocycles. The van der Waals surface area contributed by atoms with Crippen LogP contribution in [0.15, 0.2) is 53.3 Å². The monoisotopic (exact) mass is 502 g/mol. The summed E-state index contributed by atoms with van der Waals surface area (Å²) in [6, 6.07) is 15.7. The van der Waals surface area contributed by atoms with Crippen LogP contribution in [0, 0.1) is 6.92 Å². The molecule has 1 aromatic heterocycles. The Labute approximate surface area is 219 Å². The number of likely N-dealkylation sites (tertiary alicyclic amines) is 1. The molecule has 2 heterocycles. The number of aryl methyl sites for hydroxylation is 3. The van der Waals surface area contributed by atoms with E-state index in [1.54, 1.807) is 9.47 Å². The second-order valence-electron chi connectivity index (χ2n) is 10.1. The maximum atomic E-state index is 13.7. The molecule has 37 heavy (non-hydrogen) atoms. The number of hydrogen-bond donors (Lipinski definition) is 1. The lowest BCUT2D eigenvalue weighted by molar-refractivity contribution is 0.0617. The Kier molecular flexibility index (Phi) is 8.18. The van der Waals surface area contributed by atoms with Crippen molar-refractivity contribution in [1.29, 1.82) is 0 Å². The lowest BCUT2D eigenvalue weighted by Gasteiger charge is -2.24. The highest BCUT2D eigenvalue weighted by Gasteiger charge is 2.33. The number of amides is 1. The molecule has 196 valence electrons. The van der Waals surface area contributed by atoms with Crippen LogP contribution in [0.3, 0.4) is 0 Å². The fourth-order valence-electron chi connectivity index (χ4n) is 5.36. The average Bonchev–Trinajstić information content (AvgIpc) is 3.37. The van der Waals surface area contributed by atoms with E-state index in [2.05, 4.69) is 32.9 Å². The number of hydrogen-bond acceptors (Lipinski definition) is 4. The van der Waals surface area contributed by atoms with Crippen molar-refractivity contribution in [2.24, 2.45) is 0 Å². The molecule has 6 heteroatoms. The van der Waals surface area contributed by atoms with Crippen LogP contribution in [-0.2, 0) is 24.2 Å². The first kappa shape index (κ1) is 26.7. The third-order valence-corrected chi connectivity index (χ3v) is 7.34. The van der Waals surface area contributed by atoms with Gasteiger partial charge in [-0.25, -0.2) is 0 Å². The van der Waals surface area contributed by atoms with Gasteiger partial charge in [-0.3, -0.25) is 14.2 Å². The Bertz CT molecular complexity index is 1320. The van der Waals surface area contributed by atoms with Crippen LogP contribution in [0.2, 0.25) is 0 Å². The molecule has 1 aliphatic rings. The van der Waals surface area contributed by atoms with E-state index in [4.69, 9.17) is 4.74 Å². The highest BCUT2D eigenvalue weighted by atomic mass is 16.5. The van der Waals surface area contributed by atoms with Gasteiger partial charge < -0.3 is 14.7 Å². The number of carbonyl (C=O) groups is 1. The van der Waals surface area contributed by atoms with Gasteiger partial charge in [-0.1, -0.05) is 56.3 Å². The topological polar surface area (TPSA) is 71.8 Å². The zero-order chi connectivity index (χ0) is 26.7. The van der Waals surface area contributed by atoms with Gasteiger partial charge in [0.2, 0.25) is 5.88 Å². The van der Waals surface area contributed by atoms with Crippen molar-refractivity contribution in [3.05, 3.63) is 92.3 Å². The van der Waals surface area contributed by atoms with Gasteiger partial charge in [0, 0.05) is 25.1 Å². The standard InChI is InChI=1S/C31H38N2O4/c1-6-22-12-10-13-23(7-2)29(22)33-25(19-37-20(3)4)17-27(34)28(31(33)36)30(35)32-16-15-24(18-32)26-14-9-8-11-21(26)5/h8-14,17,20,24,36H,6-7,15-16,18-19H2,1-5H3. The molecular weight excluding hydrogens is 464 g/mol. The second-order valence-corrected chi connectivity index (χ2v) is 10.1. The van der Waals surface area contributed by atoms with Crippen molar-refractivity contribution in [1.82, 2.24) is 9.47 Å². The zero-order valence-corrected chi connectivity index (χ0v) is 22.6. The molecular formula is C31H38N2O4. The minimum absolute atomic E-state index is 0.0537. The van der Waals surface area contributed by atoms with E-state index in [1.807, 2.05) is 44.2 Å². The number of carbonyl (C=O) groups excluding carboxylic acids is 1. The normalized spacial score (nSPS) is 15.5. The third kappa shape index (κ3) is 5.35. The molecule has 1 aliphatic heterocycles. The van der Waals surface area contributed by atoms with E-state index in [0.717, 1.165) is 36.1 Å². The van der Waals surface area contributed by atoms with E-state index in [1.165, 1.54) is 17.2 Å². The SMILES string of the molecule is CCc1cccc(CC)c1-n1c(COC(C)C)cc(=O)c(C(=O)N2CCC(c3ccccc3C)C2)c1O. The molecule has 3 aromatic rings. The number of pyridine rings is 1. The van der Waals surface area contributed by atoms with Crippen molar-refractivity contribution in [3.63, 3.8) is 0 Å². The number of rotatable bonds is 8. The van der Waals surface area contributed by atoms with Crippen molar-refractivity contribution in [2.75, 3.05) is 13.1 Å². The Balaban J connectivity index is 1.80. The quantitative estimate of drug-likeness (QED) is 0.440. The summed E-state index contributed by atoms with van der Waals surface area (Å²) in [5.74, 6) is -0.522. The van der Waals surface area contributed by atoms with Crippen molar-refractivity contribution < 1.29 is 14.6 Å². The van der Waals surface area contributed by atoms with Crippen molar-refractivity contribution in [2.45, 2.75) is 72.5 Å². The third-order valence-electron chi connectivity index (χ3n) is 7.34. The number of ether oxygens (including phenoxy) is 1. The Morgan fingerprint density at radius 3 is 2.38 bits per heavy atom. The minimum Gasteiger partial charge on any atom is -0.494 e. The average molecular weight is 503 g/mol. The number of aromatic nitrogens is 1. The van der Waals surface area contributed by atoms with Gasteiger partial charge in [0.05, 0.1) is 24.1 Å². The van der Waals surface area contributed by atoms with Crippen LogP contribution >= 0.6 is 0 Å². The summed E-state index contributed by atoms with van der Waals surface area (Å²) in [6.07, 6.45) is 2.26. The molecule has 1 saturated heterocycles. The smallest absolute Gasteiger partial charge is 0.263 e. The molecule has 0 bridgehead atoms. The lowest BCUT2D eigenvalue weighted by atomic mass is 9.94. The first-order valence-electron chi connectivity index (χ1n) is 13.3. The van der Waals surface area contributed by atoms with Crippen LogP contribution in [0.25, 0.3) is 5.69 Å². The number of nitrogens with zero attached hydrogens (tertiary/aromatic N) is 2. The molecule has 0 aliphatic carbocycles. The molecule has 1 atom stereocenters. The van der Waals surface area contributed by atoms with Crippen LogP contribution in [-0.4, -0.2) is 39.7 Å². The van der Waals surface area contributed by atoms with Crippen LogP contribution in [0.4, 0.5) is 0 Å². The molecule has 0 saturated carbocycles.